The summed E-state index contributed by atoms with van der Waals surface area (Å²) in [6, 6.07) is 6.63. The van der Waals surface area contributed by atoms with Crippen LogP contribution in [0.5, 0.6) is 5.75 Å². The van der Waals surface area contributed by atoms with Crippen molar-refractivity contribution in [2.24, 2.45) is 0 Å². The first-order valence-corrected chi connectivity index (χ1v) is 7.20. The number of nitrogens with one attached hydrogen (secondary N) is 2. The Kier molecular flexibility index (Phi) is 5.34. The molecular weight excluding hydrogens is 355 g/mol. The van der Waals surface area contributed by atoms with E-state index in [1.165, 1.54) is 32.2 Å². The number of nitro groups is 1. The molecule has 26 heavy (non-hydrogen) atoms. The molecule has 0 saturated heterocycles. The predicted octanol–water partition coefficient (Wildman–Crippen LogP) is 4.32. The van der Waals surface area contributed by atoms with Crippen molar-refractivity contribution in [2.75, 3.05) is 17.7 Å². The fraction of sp³-hybridized carbons (Fsp3) is 0.188. The third-order valence-corrected chi connectivity index (χ3v) is 3.31. The number of halogens is 3. The minimum atomic E-state index is -4.69. The lowest BCUT2D eigenvalue weighted by atomic mass is 10.1. The second kappa shape index (κ2) is 7.30. The van der Waals surface area contributed by atoms with Gasteiger partial charge in [-0.05, 0) is 30.3 Å². The molecule has 2 rings (SSSR count). The molecular formula is C16H14F3N3O4. The Morgan fingerprint density at radius 2 is 1.85 bits per heavy atom. The molecule has 2 N–H and O–H groups in total. The summed E-state index contributed by atoms with van der Waals surface area (Å²) >= 11 is 0. The number of benzene rings is 2. The van der Waals surface area contributed by atoms with Crippen LogP contribution in [0.25, 0.3) is 0 Å². The molecule has 0 saturated carbocycles. The number of hydrogen-bond acceptors (Lipinski definition) is 5. The lowest BCUT2D eigenvalue weighted by molar-refractivity contribution is -0.384. The molecule has 0 aromatic heterocycles. The average molecular weight is 369 g/mol. The number of anilines is 3. The molecule has 0 bridgehead atoms. The Balaban J connectivity index is 2.41. The molecule has 7 nitrogen and oxygen atoms in total. The molecule has 10 heteroatoms. The maximum Gasteiger partial charge on any atom is 0.416 e. The number of amides is 1. The van der Waals surface area contributed by atoms with Crippen molar-refractivity contribution in [3.8, 4) is 5.75 Å². The highest BCUT2D eigenvalue weighted by Crippen LogP contribution is 2.37. The van der Waals surface area contributed by atoms with Gasteiger partial charge in [0.05, 0.1) is 23.3 Å². The van der Waals surface area contributed by atoms with Crippen molar-refractivity contribution in [3.05, 3.63) is 52.1 Å². The van der Waals surface area contributed by atoms with Crippen molar-refractivity contribution in [1.29, 1.82) is 0 Å². The van der Waals surface area contributed by atoms with E-state index in [0.29, 0.717) is 23.2 Å². The number of ether oxygens (including phenoxy) is 1. The van der Waals surface area contributed by atoms with Crippen molar-refractivity contribution in [1.82, 2.24) is 0 Å². The number of rotatable bonds is 5. The molecule has 0 heterocycles. The standard InChI is InChI=1S/C16H14F3N3O4/c1-9(23)20-13-8-11(4-6-15(13)26-2)21-12-5-3-10(16(17,18)19)7-14(12)22(24)25/h3-8,21H,1-2H3,(H,20,23). The molecule has 2 aromatic rings. The van der Waals surface area contributed by atoms with E-state index >= 15 is 0 Å². The van der Waals surface area contributed by atoms with Gasteiger partial charge in [0, 0.05) is 18.7 Å². The van der Waals surface area contributed by atoms with Crippen LogP contribution in [0.2, 0.25) is 0 Å². The van der Waals surface area contributed by atoms with Crippen LogP contribution in [0.3, 0.4) is 0 Å². The van der Waals surface area contributed by atoms with Crippen LogP contribution < -0.4 is 15.4 Å². The number of carbonyl (C=O) groups is 1. The first kappa shape index (κ1) is 19.0. The summed E-state index contributed by atoms with van der Waals surface area (Å²) in [6.07, 6.45) is -4.69. The Hall–Kier alpha value is -3.30. The zero-order valence-corrected chi connectivity index (χ0v) is 13.7. The summed E-state index contributed by atoms with van der Waals surface area (Å²) in [5, 5.41) is 16.3. The highest BCUT2D eigenvalue weighted by Gasteiger charge is 2.33. The zero-order chi connectivity index (χ0) is 19.5. The van der Waals surface area contributed by atoms with Crippen LogP contribution in [0, 0.1) is 10.1 Å². The summed E-state index contributed by atoms with van der Waals surface area (Å²) in [6.45, 7) is 1.29. The minimum absolute atomic E-state index is 0.123. The second-order valence-corrected chi connectivity index (χ2v) is 5.21. The van der Waals surface area contributed by atoms with E-state index in [2.05, 4.69) is 10.6 Å². The lowest BCUT2D eigenvalue weighted by Gasteiger charge is -2.13. The van der Waals surface area contributed by atoms with Crippen LogP contribution in [0.15, 0.2) is 36.4 Å². The number of nitro benzene ring substituents is 1. The SMILES string of the molecule is COc1ccc(Nc2ccc(C(F)(F)F)cc2[N+](=O)[O-])cc1NC(C)=O. The summed E-state index contributed by atoms with van der Waals surface area (Å²) in [5.41, 5.74) is -1.35. The first-order valence-electron chi connectivity index (χ1n) is 7.20. The molecule has 0 atom stereocenters. The van der Waals surface area contributed by atoms with Gasteiger partial charge in [-0.25, -0.2) is 0 Å². The Bertz CT molecular complexity index is 853. The molecule has 0 unspecified atom stereocenters. The number of nitrogens with zero attached hydrogens (tertiary/aromatic N) is 1. The maximum atomic E-state index is 12.8. The quantitative estimate of drug-likeness (QED) is 0.605. The third kappa shape index (κ3) is 4.41. The fourth-order valence-electron chi connectivity index (χ4n) is 2.19. The summed E-state index contributed by atoms with van der Waals surface area (Å²) in [4.78, 5) is 21.5. The summed E-state index contributed by atoms with van der Waals surface area (Å²) in [5.74, 6) is -0.00590. The monoisotopic (exact) mass is 369 g/mol. The molecule has 1 amide bonds. The minimum Gasteiger partial charge on any atom is -0.495 e. The van der Waals surface area contributed by atoms with Crippen LogP contribution in [-0.2, 0) is 11.0 Å². The largest absolute Gasteiger partial charge is 0.495 e. The van der Waals surface area contributed by atoms with E-state index in [1.807, 2.05) is 0 Å². The van der Waals surface area contributed by atoms with Gasteiger partial charge in [-0.2, -0.15) is 13.2 Å². The predicted molar refractivity (Wildman–Crippen MR) is 88.7 cm³/mol. The van der Waals surface area contributed by atoms with Gasteiger partial charge in [0.25, 0.3) is 5.69 Å². The Morgan fingerprint density at radius 3 is 2.38 bits per heavy atom. The molecule has 0 fully saturated rings. The van der Waals surface area contributed by atoms with Crippen molar-refractivity contribution < 1.29 is 27.6 Å². The Morgan fingerprint density at radius 1 is 1.15 bits per heavy atom. The van der Waals surface area contributed by atoms with E-state index in [0.717, 1.165) is 12.1 Å². The first-order chi connectivity index (χ1) is 12.1. The molecule has 0 aliphatic carbocycles. The molecule has 0 aliphatic rings. The molecule has 2 aromatic carbocycles. The summed E-state index contributed by atoms with van der Waals surface area (Å²) in [7, 11) is 1.40. The normalized spacial score (nSPS) is 11.0. The van der Waals surface area contributed by atoms with Gasteiger partial charge in [-0.15, -0.1) is 0 Å². The Labute approximate surface area is 145 Å². The third-order valence-electron chi connectivity index (χ3n) is 3.31. The lowest BCUT2D eigenvalue weighted by Crippen LogP contribution is -2.08. The van der Waals surface area contributed by atoms with E-state index in [1.54, 1.807) is 0 Å². The van der Waals surface area contributed by atoms with Crippen molar-refractivity contribution in [2.45, 2.75) is 13.1 Å². The van der Waals surface area contributed by atoms with Crippen LogP contribution >= 0.6 is 0 Å². The summed E-state index contributed by atoms with van der Waals surface area (Å²) < 4.78 is 43.3. The van der Waals surface area contributed by atoms with Gasteiger partial charge >= 0.3 is 6.18 Å². The van der Waals surface area contributed by atoms with Gasteiger partial charge in [-0.3, -0.25) is 14.9 Å². The molecule has 0 spiro atoms. The topological polar surface area (TPSA) is 93.5 Å². The number of methoxy groups -OCH3 is 1. The van der Waals surface area contributed by atoms with Crippen molar-refractivity contribution in [3.63, 3.8) is 0 Å². The van der Waals surface area contributed by atoms with Gasteiger partial charge in [-0.1, -0.05) is 0 Å². The molecule has 138 valence electrons. The van der Waals surface area contributed by atoms with Crippen LogP contribution in [0.1, 0.15) is 12.5 Å². The van der Waals surface area contributed by atoms with Crippen molar-refractivity contribution >= 4 is 28.7 Å². The van der Waals surface area contributed by atoms with Gasteiger partial charge < -0.3 is 15.4 Å². The van der Waals surface area contributed by atoms with Gasteiger partial charge in [0.15, 0.2) is 0 Å². The van der Waals surface area contributed by atoms with Gasteiger partial charge in [0.2, 0.25) is 5.91 Å². The maximum absolute atomic E-state index is 12.8. The highest BCUT2D eigenvalue weighted by atomic mass is 19.4. The van der Waals surface area contributed by atoms with E-state index in [9.17, 15) is 28.1 Å². The number of hydrogen-bond donors (Lipinski definition) is 2. The number of carbonyl (C=O) groups excluding carboxylic acids is 1. The average Bonchev–Trinajstić information content (AvgIpc) is 2.53. The number of alkyl halides is 3. The highest BCUT2D eigenvalue weighted by molar-refractivity contribution is 5.91. The van der Waals surface area contributed by atoms with E-state index in [-0.39, 0.29) is 11.6 Å². The molecule has 0 radical (unpaired) electrons. The second-order valence-electron chi connectivity index (χ2n) is 5.21. The van der Waals surface area contributed by atoms with E-state index in [4.69, 9.17) is 4.74 Å². The van der Waals surface area contributed by atoms with Crippen LogP contribution in [0.4, 0.5) is 35.9 Å². The molecule has 0 aliphatic heterocycles. The smallest absolute Gasteiger partial charge is 0.416 e. The zero-order valence-electron chi connectivity index (χ0n) is 13.7. The fourth-order valence-corrected chi connectivity index (χ4v) is 2.19. The van der Waals surface area contributed by atoms with E-state index < -0.39 is 22.4 Å². The van der Waals surface area contributed by atoms with Crippen LogP contribution in [-0.4, -0.2) is 17.9 Å². The van der Waals surface area contributed by atoms with Gasteiger partial charge in [0.1, 0.15) is 11.4 Å².